The summed E-state index contributed by atoms with van der Waals surface area (Å²) in [7, 11) is 0. The number of anilines is 1. The van der Waals surface area contributed by atoms with E-state index in [0.29, 0.717) is 17.9 Å². The molecule has 1 amide bonds. The van der Waals surface area contributed by atoms with Crippen molar-refractivity contribution in [3.8, 4) is 0 Å². The van der Waals surface area contributed by atoms with Gasteiger partial charge in [0.05, 0.1) is 5.92 Å². The van der Waals surface area contributed by atoms with Gasteiger partial charge in [-0.15, -0.1) is 5.10 Å². The van der Waals surface area contributed by atoms with Crippen LogP contribution in [-0.2, 0) is 11.2 Å². The second-order valence-electron chi connectivity index (χ2n) is 6.28. The fourth-order valence-electron chi connectivity index (χ4n) is 2.61. The average molecular weight is 353 g/mol. The van der Waals surface area contributed by atoms with E-state index >= 15 is 0 Å². The third-order valence-corrected chi connectivity index (χ3v) is 4.00. The zero-order chi connectivity index (χ0) is 18.8. The van der Waals surface area contributed by atoms with Gasteiger partial charge < -0.3 is 10.4 Å². The number of carbonyl (C=O) groups is 2. The van der Waals surface area contributed by atoms with Crippen LogP contribution in [0.1, 0.15) is 34.5 Å². The molecule has 26 heavy (non-hydrogen) atoms. The fourth-order valence-corrected chi connectivity index (χ4v) is 2.61. The zero-order valence-electron chi connectivity index (χ0n) is 14.7. The number of carbonyl (C=O) groups excluding carboxylic acids is 1. The monoisotopic (exact) mass is 353 g/mol. The van der Waals surface area contributed by atoms with E-state index in [1.165, 1.54) is 4.52 Å². The number of aromatic nitrogens is 4. The summed E-state index contributed by atoms with van der Waals surface area (Å²) in [6.45, 7) is 5.38. The lowest BCUT2D eigenvalue weighted by atomic mass is 10.0. The molecule has 134 valence electrons. The van der Waals surface area contributed by atoms with Crippen molar-refractivity contribution in [3.63, 3.8) is 0 Å². The first-order valence-corrected chi connectivity index (χ1v) is 8.17. The molecule has 0 fully saturated rings. The predicted octanol–water partition coefficient (Wildman–Crippen LogP) is 2.26. The summed E-state index contributed by atoms with van der Waals surface area (Å²) in [6.07, 6.45) is 0.432. The number of amides is 1. The lowest BCUT2D eigenvalue weighted by Crippen LogP contribution is -2.14. The number of benzene rings is 1. The summed E-state index contributed by atoms with van der Waals surface area (Å²) in [5.74, 6) is -1.31. The van der Waals surface area contributed by atoms with Crippen LogP contribution < -0.4 is 5.32 Å². The van der Waals surface area contributed by atoms with Crippen molar-refractivity contribution in [1.82, 2.24) is 19.6 Å². The van der Waals surface area contributed by atoms with E-state index in [1.807, 2.05) is 19.9 Å². The number of hydrogen-bond acceptors (Lipinski definition) is 5. The van der Waals surface area contributed by atoms with Crippen molar-refractivity contribution in [1.29, 1.82) is 0 Å². The highest BCUT2D eigenvalue weighted by molar-refractivity contribution is 6.01. The van der Waals surface area contributed by atoms with Gasteiger partial charge in [0.2, 0.25) is 5.82 Å². The summed E-state index contributed by atoms with van der Waals surface area (Å²) in [5, 5.41) is 15.9. The Labute approximate surface area is 149 Å². The van der Waals surface area contributed by atoms with Gasteiger partial charge in [0.15, 0.2) is 0 Å². The molecule has 3 rings (SSSR count). The van der Waals surface area contributed by atoms with Gasteiger partial charge in [-0.3, -0.25) is 9.59 Å². The summed E-state index contributed by atoms with van der Waals surface area (Å²) < 4.78 is 1.53. The maximum atomic E-state index is 12.4. The van der Waals surface area contributed by atoms with Crippen molar-refractivity contribution in [2.75, 3.05) is 5.32 Å². The molecule has 2 N–H and O–H groups in total. The van der Waals surface area contributed by atoms with E-state index in [2.05, 4.69) is 20.4 Å². The van der Waals surface area contributed by atoms with Gasteiger partial charge in [-0.05, 0) is 44.0 Å². The van der Waals surface area contributed by atoms with Gasteiger partial charge in [0, 0.05) is 17.1 Å². The van der Waals surface area contributed by atoms with E-state index in [4.69, 9.17) is 5.11 Å². The minimum absolute atomic E-state index is 0.0368. The van der Waals surface area contributed by atoms with Crippen molar-refractivity contribution in [2.45, 2.75) is 27.2 Å². The molecule has 0 aliphatic rings. The SMILES string of the molecule is Cc1cc(C)n2nc(C(=O)Nc3ccc(CC(C)C(=O)O)cc3)nc2n1. The fraction of sp³-hybridized carbons (Fsp3) is 0.278. The van der Waals surface area contributed by atoms with E-state index in [9.17, 15) is 9.59 Å². The van der Waals surface area contributed by atoms with Gasteiger partial charge in [-0.1, -0.05) is 19.1 Å². The van der Waals surface area contributed by atoms with Gasteiger partial charge >= 0.3 is 5.97 Å². The minimum atomic E-state index is -0.834. The lowest BCUT2D eigenvalue weighted by Gasteiger charge is -2.07. The summed E-state index contributed by atoms with van der Waals surface area (Å²) >= 11 is 0. The quantitative estimate of drug-likeness (QED) is 0.728. The van der Waals surface area contributed by atoms with E-state index in [1.54, 1.807) is 31.2 Å². The third-order valence-electron chi connectivity index (χ3n) is 4.00. The number of rotatable bonds is 5. The maximum Gasteiger partial charge on any atom is 0.306 e. The molecule has 1 aromatic carbocycles. The van der Waals surface area contributed by atoms with Gasteiger partial charge in [0.25, 0.3) is 11.7 Å². The molecule has 8 heteroatoms. The third kappa shape index (κ3) is 3.69. The molecule has 2 heterocycles. The Bertz CT molecular complexity index is 978. The number of aryl methyl sites for hydroxylation is 2. The Hall–Kier alpha value is -3.29. The molecule has 2 aromatic heterocycles. The van der Waals surface area contributed by atoms with Gasteiger partial charge in [-0.25, -0.2) is 9.50 Å². The number of nitrogens with zero attached hydrogens (tertiary/aromatic N) is 4. The second-order valence-corrected chi connectivity index (χ2v) is 6.28. The van der Waals surface area contributed by atoms with Crippen LogP contribution in [0.4, 0.5) is 5.69 Å². The van der Waals surface area contributed by atoms with Crippen LogP contribution in [0.25, 0.3) is 5.78 Å². The Morgan fingerprint density at radius 3 is 2.54 bits per heavy atom. The van der Waals surface area contributed by atoms with Crippen LogP contribution in [0.15, 0.2) is 30.3 Å². The Balaban J connectivity index is 1.74. The van der Waals surface area contributed by atoms with Gasteiger partial charge in [-0.2, -0.15) is 4.98 Å². The Morgan fingerprint density at radius 2 is 1.88 bits per heavy atom. The molecule has 1 unspecified atom stereocenters. The molecule has 0 aliphatic heterocycles. The summed E-state index contributed by atoms with van der Waals surface area (Å²) in [4.78, 5) is 31.7. The largest absolute Gasteiger partial charge is 0.481 e. The molecule has 0 radical (unpaired) electrons. The van der Waals surface area contributed by atoms with Crippen molar-refractivity contribution >= 4 is 23.3 Å². The first-order chi connectivity index (χ1) is 12.3. The number of hydrogen-bond donors (Lipinski definition) is 2. The Kier molecular flexibility index (Phi) is 4.66. The smallest absolute Gasteiger partial charge is 0.306 e. The number of nitrogens with one attached hydrogen (secondary N) is 1. The average Bonchev–Trinajstić information content (AvgIpc) is 3.01. The molecule has 0 saturated carbocycles. The van der Waals surface area contributed by atoms with Crippen molar-refractivity contribution in [3.05, 3.63) is 53.1 Å². The zero-order valence-corrected chi connectivity index (χ0v) is 14.7. The molecular weight excluding hydrogens is 334 g/mol. The highest BCUT2D eigenvalue weighted by Crippen LogP contribution is 2.14. The van der Waals surface area contributed by atoms with Crippen molar-refractivity contribution < 1.29 is 14.7 Å². The summed E-state index contributed by atoms with van der Waals surface area (Å²) in [5.41, 5.74) is 3.12. The highest BCUT2D eigenvalue weighted by Gasteiger charge is 2.16. The minimum Gasteiger partial charge on any atom is -0.481 e. The molecule has 0 bridgehead atoms. The maximum absolute atomic E-state index is 12.4. The molecule has 1 atom stereocenters. The van der Waals surface area contributed by atoms with Crippen LogP contribution in [0.5, 0.6) is 0 Å². The van der Waals surface area contributed by atoms with Crippen LogP contribution in [0, 0.1) is 19.8 Å². The van der Waals surface area contributed by atoms with Crippen molar-refractivity contribution in [2.24, 2.45) is 5.92 Å². The highest BCUT2D eigenvalue weighted by atomic mass is 16.4. The number of fused-ring (bicyclic) bond motifs is 1. The number of aliphatic carboxylic acids is 1. The molecule has 8 nitrogen and oxygen atoms in total. The molecule has 3 aromatic rings. The van der Waals surface area contributed by atoms with Crippen LogP contribution in [0.3, 0.4) is 0 Å². The van der Waals surface area contributed by atoms with Gasteiger partial charge in [0.1, 0.15) is 0 Å². The lowest BCUT2D eigenvalue weighted by molar-refractivity contribution is -0.141. The topological polar surface area (TPSA) is 109 Å². The Morgan fingerprint density at radius 1 is 1.19 bits per heavy atom. The summed E-state index contributed by atoms with van der Waals surface area (Å²) in [6, 6.07) is 8.90. The standard InChI is InChI=1S/C18H19N5O3/c1-10(17(25)26)8-13-4-6-14(7-5-13)20-16(24)15-21-18-19-11(2)9-12(3)23(18)22-15/h4-7,9-10H,8H2,1-3H3,(H,20,24)(H,25,26). The molecular formula is C18H19N5O3. The first kappa shape index (κ1) is 17.5. The van der Waals surface area contributed by atoms with Crippen LogP contribution >= 0.6 is 0 Å². The van der Waals surface area contributed by atoms with E-state index < -0.39 is 17.8 Å². The predicted molar refractivity (Wildman–Crippen MR) is 95.2 cm³/mol. The normalized spacial score (nSPS) is 12.1. The first-order valence-electron chi connectivity index (χ1n) is 8.17. The van der Waals surface area contributed by atoms with Crippen LogP contribution in [0.2, 0.25) is 0 Å². The van der Waals surface area contributed by atoms with E-state index in [-0.39, 0.29) is 5.82 Å². The molecule has 0 spiro atoms. The molecule has 0 saturated heterocycles. The van der Waals surface area contributed by atoms with Crippen LogP contribution in [-0.4, -0.2) is 36.6 Å². The van der Waals surface area contributed by atoms with E-state index in [0.717, 1.165) is 17.0 Å². The molecule has 0 aliphatic carbocycles. The number of carboxylic acids is 1. The number of carboxylic acid groups (broad SMARTS) is 1. The second kappa shape index (κ2) is 6.91.